The molecule has 1 aliphatic heterocycles. The first-order valence-corrected chi connectivity index (χ1v) is 2.39. The van der Waals surface area contributed by atoms with Gasteiger partial charge in [0.15, 0.2) is 0 Å². The third-order valence-corrected chi connectivity index (χ3v) is 1.14. The van der Waals surface area contributed by atoms with Crippen molar-refractivity contribution in [1.29, 1.82) is 0 Å². The summed E-state index contributed by atoms with van der Waals surface area (Å²) in [7, 11) is 0. The molecule has 0 saturated carbocycles. The summed E-state index contributed by atoms with van der Waals surface area (Å²) in [6.45, 7) is 2.19. The molecule has 1 heterocycles. The minimum absolute atomic E-state index is 0. The summed E-state index contributed by atoms with van der Waals surface area (Å²) >= 11 is 0. The van der Waals surface area contributed by atoms with Crippen LogP contribution in [0.25, 0.3) is 0 Å². The van der Waals surface area contributed by atoms with Crippen molar-refractivity contribution in [3.05, 3.63) is 0 Å². The van der Waals surface area contributed by atoms with E-state index in [9.17, 15) is 0 Å². The molecule has 1 fully saturated rings. The molecule has 2 N–H and O–H groups in total. The minimum Gasteiger partial charge on any atom is -0.269 e. The molecule has 44 valence electrons. The normalized spacial score (nSPS) is 21.9. The van der Waals surface area contributed by atoms with Gasteiger partial charge in [-0.05, 0) is 12.8 Å². The van der Waals surface area contributed by atoms with Crippen LogP contribution in [0.4, 0.5) is 0 Å². The van der Waals surface area contributed by atoms with Gasteiger partial charge in [0.25, 0.3) is 0 Å². The van der Waals surface area contributed by atoms with Gasteiger partial charge in [0.2, 0.25) is 0 Å². The number of nitrogens with zero attached hydrogens (tertiary/aromatic N) is 1. The van der Waals surface area contributed by atoms with Gasteiger partial charge in [-0.25, -0.2) is 5.01 Å². The zero-order valence-electron chi connectivity index (χ0n) is 4.17. The molecule has 0 aromatic carbocycles. The van der Waals surface area contributed by atoms with Crippen LogP contribution < -0.4 is 5.84 Å². The SMILES string of the molecule is NN1CCCC1.[Pt+2]. The molecule has 0 bridgehead atoms. The van der Waals surface area contributed by atoms with E-state index in [1.165, 1.54) is 12.8 Å². The van der Waals surface area contributed by atoms with Gasteiger partial charge in [0.05, 0.1) is 0 Å². The molecular weight excluding hydrogens is 271 g/mol. The molecule has 0 radical (unpaired) electrons. The Kier molecular flexibility index (Phi) is 3.90. The molecule has 1 rings (SSSR count). The summed E-state index contributed by atoms with van der Waals surface area (Å²) in [5.41, 5.74) is 0. The van der Waals surface area contributed by atoms with Gasteiger partial charge in [-0.2, -0.15) is 0 Å². The third kappa shape index (κ3) is 2.42. The monoisotopic (exact) mass is 281 g/mol. The molecule has 0 unspecified atom stereocenters. The summed E-state index contributed by atoms with van der Waals surface area (Å²) in [5, 5.41) is 1.86. The van der Waals surface area contributed by atoms with Gasteiger partial charge in [0, 0.05) is 13.1 Å². The van der Waals surface area contributed by atoms with Crippen molar-refractivity contribution in [2.24, 2.45) is 5.84 Å². The van der Waals surface area contributed by atoms with Gasteiger partial charge in [-0.3, -0.25) is 5.84 Å². The standard InChI is InChI=1S/C4H10N2.Pt/c5-6-3-1-2-4-6;/h1-5H2;/q;+2. The van der Waals surface area contributed by atoms with Crippen LogP contribution in [-0.2, 0) is 21.1 Å². The quantitative estimate of drug-likeness (QED) is 0.631. The van der Waals surface area contributed by atoms with E-state index in [-0.39, 0.29) is 21.1 Å². The number of rotatable bonds is 0. The van der Waals surface area contributed by atoms with E-state index in [4.69, 9.17) is 5.84 Å². The van der Waals surface area contributed by atoms with Gasteiger partial charge >= 0.3 is 21.1 Å². The fraction of sp³-hybridized carbons (Fsp3) is 1.00. The summed E-state index contributed by atoms with van der Waals surface area (Å²) in [4.78, 5) is 0. The molecule has 0 aliphatic carbocycles. The van der Waals surface area contributed by atoms with Gasteiger partial charge < -0.3 is 0 Å². The maximum Gasteiger partial charge on any atom is 2.00 e. The third-order valence-electron chi connectivity index (χ3n) is 1.14. The smallest absolute Gasteiger partial charge is 0.269 e. The Bertz CT molecular complexity index is 43.0. The first-order chi connectivity index (χ1) is 2.89. The second-order valence-corrected chi connectivity index (χ2v) is 1.74. The molecule has 0 amide bonds. The van der Waals surface area contributed by atoms with E-state index in [1.807, 2.05) is 5.01 Å². The number of hydrogen-bond donors (Lipinski definition) is 1. The Balaban J connectivity index is 0.000000360. The second-order valence-electron chi connectivity index (χ2n) is 1.74. The number of nitrogens with two attached hydrogens (primary N) is 1. The van der Waals surface area contributed by atoms with Crippen molar-refractivity contribution >= 4 is 0 Å². The van der Waals surface area contributed by atoms with Crippen LogP contribution in [0.2, 0.25) is 0 Å². The summed E-state index contributed by atoms with van der Waals surface area (Å²) in [6.07, 6.45) is 2.58. The van der Waals surface area contributed by atoms with E-state index in [2.05, 4.69) is 0 Å². The van der Waals surface area contributed by atoms with Gasteiger partial charge in [-0.1, -0.05) is 0 Å². The van der Waals surface area contributed by atoms with Crippen LogP contribution in [0.15, 0.2) is 0 Å². The van der Waals surface area contributed by atoms with E-state index >= 15 is 0 Å². The Hall–Kier alpha value is 0.608. The van der Waals surface area contributed by atoms with Crippen molar-refractivity contribution in [3.8, 4) is 0 Å². The van der Waals surface area contributed by atoms with Crippen LogP contribution in [0.5, 0.6) is 0 Å². The second kappa shape index (κ2) is 3.59. The molecule has 0 spiro atoms. The van der Waals surface area contributed by atoms with Crippen molar-refractivity contribution < 1.29 is 21.1 Å². The summed E-state index contributed by atoms with van der Waals surface area (Å²) in [5.74, 6) is 5.37. The van der Waals surface area contributed by atoms with Gasteiger partial charge in [-0.15, -0.1) is 0 Å². The fourth-order valence-electron chi connectivity index (χ4n) is 0.742. The molecule has 1 aliphatic rings. The van der Waals surface area contributed by atoms with E-state index in [1.54, 1.807) is 0 Å². The zero-order valence-corrected chi connectivity index (χ0v) is 6.44. The molecule has 2 nitrogen and oxygen atoms in total. The fourth-order valence-corrected chi connectivity index (χ4v) is 0.742. The predicted molar refractivity (Wildman–Crippen MR) is 25.0 cm³/mol. The van der Waals surface area contributed by atoms with Crippen molar-refractivity contribution in [1.82, 2.24) is 5.01 Å². The molecule has 0 aromatic rings. The topological polar surface area (TPSA) is 29.3 Å². The Morgan fingerprint density at radius 2 is 1.57 bits per heavy atom. The largest absolute Gasteiger partial charge is 2.00 e. The van der Waals surface area contributed by atoms with E-state index in [0.29, 0.717) is 0 Å². The molecule has 0 atom stereocenters. The Morgan fingerprint density at radius 3 is 1.71 bits per heavy atom. The van der Waals surface area contributed by atoms with Crippen molar-refractivity contribution in [3.63, 3.8) is 0 Å². The average Bonchev–Trinajstić information content (AvgIpc) is 1.86. The maximum atomic E-state index is 5.37. The number of hydrazine groups is 1. The number of hydrogen-bond acceptors (Lipinski definition) is 2. The van der Waals surface area contributed by atoms with Crippen LogP contribution >= 0.6 is 0 Å². The molecule has 3 heteroatoms. The molecular formula is C4H10N2Pt+2. The average molecular weight is 281 g/mol. The first kappa shape index (κ1) is 7.61. The molecule has 7 heavy (non-hydrogen) atoms. The Labute approximate surface area is 58.3 Å². The van der Waals surface area contributed by atoms with E-state index in [0.717, 1.165) is 13.1 Å². The minimum atomic E-state index is 0. The van der Waals surface area contributed by atoms with Gasteiger partial charge in [0.1, 0.15) is 0 Å². The van der Waals surface area contributed by atoms with Crippen LogP contribution in [0, 0.1) is 0 Å². The van der Waals surface area contributed by atoms with Crippen LogP contribution in [0.1, 0.15) is 12.8 Å². The zero-order chi connectivity index (χ0) is 4.41. The van der Waals surface area contributed by atoms with E-state index < -0.39 is 0 Å². The van der Waals surface area contributed by atoms with Crippen molar-refractivity contribution in [2.45, 2.75) is 12.8 Å². The first-order valence-electron chi connectivity index (χ1n) is 2.39. The maximum absolute atomic E-state index is 5.37. The molecule has 0 aromatic heterocycles. The summed E-state index contributed by atoms with van der Waals surface area (Å²) in [6, 6.07) is 0. The van der Waals surface area contributed by atoms with Crippen LogP contribution in [-0.4, -0.2) is 18.1 Å². The molecule has 1 saturated heterocycles. The predicted octanol–water partition coefficient (Wildman–Crippen LogP) is -0.0466. The van der Waals surface area contributed by atoms with Crippen molar-refractivity contribution in [2.75, 3.05) is 13.1 Å². The summed E-state index contributed by atoms with van der Waals surface area (Å²) < 4.78 is 0. The van der Waals surface area contributed by atoms with Crippen LogP contribution in [0.3, 0.4) is 0 Å². The Morgan fingerprint density at radius 1 is 1.14 bits per heavy atom.